The highest BCUT2D eigenvalue weighted by Crippen LogP contribution is 2.54. The van der Waals surface area contributed by atoms with E-state index in [9.17, 15) is 16.8 Å². The highest BCUT2D eigenvalue weighted by molar-refractivity contribution is 7.86. The molecule has 0 saturated carbocycles. The molecule has 2 aromatic carbocycles. The lowest BCUT2D eigenvalue weighted by Crippen LogP contribution is -2.23. The van der Waals surface area contributed by atoms with Crippen molar-refractivity contribution in [3.8, 4) is 23.0 Å². The van der Waals surface area contributed by atoms with E-state index in [1.165, 1.54) is 21.3 Å². The van der Waals surface area contributed by atoms with Crippen molar-refractivity contribution >= 4 is 20.2 Å². The standard InChI is InChI=1S/C24H32O10S2/c1-29-20-8-7-15(11-21(20)30-2)24-18-13-23(32-4)22(31-3)12-17(18)16(9-10-33-35(5,25)26)19(24)14-34-36(6,27)28/h7-8,11-13,16,19,24H,9-10,14H2,1-6H3. The summed E-state index contributed by atoms with van der Waals surface area (Å²) in [5, 5.41) is 0. The third kappa shape index (κ3) is 6.41. The monoisotopic (exact) mass is 544 g/mol. The normalized spacial score (nSPS) is 19.6. The fourth-order valence-corrected chi connectivity index (χ4v) is 5.58. The van der Waals surface area contributed by atoms with Crippen LogP contribution in [0.2, 0.25) is 0 Å². The molecular weight excluding hydrogens is 512 g/mol. The number of rotatable bonds is 12. The summed E-state index contributed by atoms with van der Waals surface area (Å²) in [6.07, 6.45) is 2.28. The maximum Gasteiger partial charge on any atom is 0.264 e. The Morgan fingerprint density at radius 1 is 0.694 bits per heavy atom. The summed E-state index contributed by atoms with van der Waals surface area (Å²) in [6, 6.07) is 9.21. The smallest absolute Gasteiger partial charge is 0.264 e. The summed E-state index contributed by atoms with van der Waals surface area (Å²) in [5.41, 5.74) is 2.59. The Morgan fingerprint density at radius 2 is 1.22 bits per heavy atom. The molecular formula is C24H32O10S2. The maximum absolute atomic E-state index is 11.9. The molecule has 1 aliphatic rings. The first-order chi connectivity index (χ1) is 16.9. The van der Waals surface area contributed by atoms with E-state index >= 15 is 0 Å². The Labute approximate surface area is 212 Å². The Balaban J connectivity index is 2.18. The first-order valence-electron chi connectivity index (χ1n) is 11.1. The van der Waals surface area contributed by atoms with Gasteiger partial charge in [-0.3, -0.25) is 8.37 Å². The van der Waals surface area contributed by atoms with Gasteiger partial charge in [0.25, 0.3) is 20.2 Å². The van der Waals surface area contributed by atoms with Crippen LogP contribution in [0.4, 0.5) is 0 Å². The van der Waals surface area contributed by atoms with Crippen molar-refractivity contribution in [2.45, 2.75) is 18.3 Å². The molecule has 0 amide bonds. The van der Waals surface area contributed by atoms with Crippen LogP contribution in [0.3, 0.4) is 0 Å². The third-order valence-corrected chi connectivity index (χ3v) is 7.40. The van der Waals surface area contributed by atoms with Crippen LogP contribution in [0.25, 0.3) is 0 Å². The van der Waals surface area contributed by atoms with Crippen LogP contribution in [-0.4, -0.2) is 71.0 Å². The number of ether oxygens (including phenoxy) is 4. The van der Waals surface area contributed by atoms with Gasteiger partial charge in [0.15, 0.2) is 23.0 Å². The fraction of sp³-hybridized carbons (Fsp3) is 0.500. The van der Waals surface area contributed by atoms with E-state index < -0.39 is 20.2 Å². The Hall–Kier alpha value is -2.54. The number of hydrogen-bond acceptors (Lipinski definition) is 10. The van der Waals surface area contributed by atoms with Gasteiger partial charge in [0.05, 0.1) is 54.2 Å². The zero-order valence-electron chi connectivity index (χ0n) is 21.1. The van der Waals surface area contributed by atoms with Crippen LogP contribution in [-0.2, 0) is 28.6 Å². The van der Waals surface area contributed by atoms with Gasteiger partial charge in [0.1, 0.15) is 0 Å². The molecule has 1 aliphatic carbocycles. The topological polar surface area (TPSA) is 124 Å². The Morgan fingerprint density at radius 3 is 1.75 bits per heavy atom. The molecule has 0 aliphatic heterocycles. The number of benzene rings is 2. The molecule has 0 fully saturated rings. The molecule has 2 aromatic rings. The lowest BCUT2D eigenvalue weighted by atomic mass is 9.82. The Kier molecular flexibility index (Phi) is 8.75. The first kappa shape index (κ1) is 28.0. The van der Waals surface area contributed by atoms with Crippen LogP contribution in [0.5, 0.6) is 23.0 Å². The van der Waals surface area contributed by atoms with Gasteiger partial charge < -0.3 is 18.9 Å². The van der Waals surface area contributed by atoms with Crippen LogP contribution in [0, 0.1) is 5.92 Å². The average molecular weight is 545 g/mol. The van der Waals surface area contributed by atoms with Gasteiger partial charge in [-0.15, -0.1) is 0 Å². The molecule has 3 atom stereocenters. The largest absolute Gasteiger partial charge is 0.493 e. The number of methoxy groups -OCH3 is 4. The van der Waals surface area contributed by atoms with E-state index in [0.717, 1.165) is 29.2 Å². The summed E-state index contributed by atoms with van der Waals surface area (Å²) in [5.74, 6) is 1.06. The second-order valence-electron chi connectivity index (χ2n) is 8.50. The quantitative estimate of drug-likeness (QED) is 0.369. The van der Waals surface area contributed by atoms with E-state index in [1.54, 1.807) is 13.2 Å². The molecule has 200 valence electrons. The zero-order valence-corrected chi connectivity index (χ0v) is 22.8. The van der Waals surface area contributed by atoms with Crippen LogP contribution >= 0.6 is 0 Å². The lowest BCUT2D eigenvalue weighted by Gasteiger charge is -2.26. The van der Waals surface area contributed by atoms with Crippen molar-refractivity contribution < 1.29 is 44.1 Å². The van der Waals surface area contributed by atoms with E-state index in [-0.39, 0.29) is 31.0 Å². The van der Waals surface area contributed by atoms with Crippen LogP contribution in [0.1, 0.15) is 34.9 Å². The first-order valence-corrected chi connectivity index (χ1v) is 14.7. The van der Waals surface area contributed by atoms with E-state index in [0.29, 0.717) is 29.4 Å². The second kappa shape index (κ2) is 11.2. The molecule has 0 radical (unpaired) electrons. The summed E-state index contributed by atoms with van der Waals surface area (Å²) in [6.45, 7) is -0.202. The van der Waals surface area contributed by atoms with Crippen molar-refractivity contribution in [2.75, 3.05) is 54.2 Å². The SMILES string of the molecule is COc1ccc(C2c3cc(OC)c(OC)cc3C(CCOS(C)(=O)=O)C2COS(C)(=O)=O)cc1OC. The molecule has 0 aromatic heterocycles. The zero-order chi connectivity index (χ0) is 26.7. The fourth-order valence-electron chi connectivity index (χ4n) is 4.78. The van der Waals surface area contributed by atoms with E-state index in [4.69, 9.17) is 27.3 Å². The predicted octanol–water partition coefficient (Wildman–Crippen LogP) is 2.91. The molecule has 0 saturated heterocycles. The van der Waals surface area contributed by atoms with Crippen LogP contribution < -0.4 is 18.9 Å². The molecule has 0 spiro atoms. The minimum atomic E-state index is -3.74. The summed E-state index contributed by atoms with van der Waals surface area (Å²) >= 11 is 0. The minimum Gasteiger partial charge on any atom is -0.493 e. The highest BCUT2D eigenvalue weighted by Gasteiger charge is 2.43. The molecule has 0 N–H and O–H groups in total. The van der Waals surface area contributed by atoms with Gasteiger partial charge in [0, 0.05) is 11.8 Å². The summed E-state index contributed by atoms with van der Waals surface area (Å²) < 4.78 is 79.3. The molecule has 0 heterocycles. The van der Waals surface area contributed by atoms with Crippen molar-refractivity contribution in [3.63, 3.8) is 0 Å². The van der Waals surface area contributed by atoms with E-state index in [2.05, 4.69) is 0 Å². The second-order valence-corrected chi connectivity index (χ2v) is 11.8. The molecule has 36 heavy (non-hydrogen) atoms. The predicted molar refractivity (Wildman–Crippen MR) is 133 cm³/mol. The van der Waals surface area contributed by atoms with Gasteiger partial charge in [-0.05, 0) is 53.3 Å². The van der Waals surface area contributed by atoms with Gasteiger partial charge in [-0.25, -0.2) is 0 Å². The lowest BCUT2D eigenvalue weighted by molar-refractivity contribution is 0.209. The molecule has 10 nitrogen and oxygen atoms in total. The van der Waals surface area contributed by atoms with Crippen molar-refractivity contribution in [1.29, 1.82) is 0 Å². The molecule has 12 heteroatoms. The van der Waals surface area contributed by atoms with Gasteiger partial charge >= 0.3 is 0 Å². The van der Waals surface area contributed by atoms with Crippen molar-refractivity contribution in [2.24, 2.45) is 5.92 Å². The number of hydrogen-bond donors (Lipinski definition) is 0. The van der Waals surface area contributed by atoms with Crippen LogP contribution in [0.15, 0.2) is 30.3 Å². The van der Waals surface area contributed by atoms with Gasteiger partial charge in [-0.2, -0.15) is 16.8 Å². The summed E-state index contributed by atoms with van der Waals surface area (Å²) in [7, 11) is -1.26. The Bertz CT molecular complexity index is 1290. The van der Waals surface area contributed by atoms with E-state index in [1.807, 2.05) is 24.3 Å². The molecule has 3 unspecified atom stereocenters. The highest BCUT2D eigenvalue weighted by atomic mass is 32.2. The average Bonchev–Trinajstić information content (AvgIpc) is 3.12. The summed E-state index contributed by atoms with van der Waals surface area (Å²) in [4.78, 5) is 0. The third-order valence-electron chi connectivity index (χ3n) is 6.24. The van der Waals surface area contributed by atoms with Gasteiger partial charge in [0.2, 0.25) is 0 Å². The molecule has 3 rings (SSSR count). The minimum absolute atomic E-state index is 0.0781. The molecule has 0 bridgehead atoms. The van der Waals surface area contributed by atoms with Crippen molar-refractivity contribution in [1.82, 2.24) is 0 Å². The van der Waals surface area contributed by atoms with Gasteiger partial charge in [-0.1, -0.05) is 6.07 Å². The maximum atomic E-state index is 11.9. The van der Waals surface area contributed by atoms with Crippen molar-refractivity contribution in [3.05, 3.63) is 47.0 Å². The number of fused-ring (bicyclic) bond motifs is 1.